The van der Waals surface area contributed by atoms with E-state index in [-0.39, 0.29) is 11.4 Å². The zero-order valence-electron chi connectivity index (χ0n) is 15.9. The van der Waals surface area contributed by atoms with Crippen LogP contribution in [0.15, 0.2) is 71.8 Å². The molecular weight excluding hydrogens is 461 g/mol. The van der Waals surface area contributed by atoms with E-state index in [1.807, 2.05) is 0 Å². The number of pyridine rings is 1. The lowest BCUT2D eigenvalue weighted by molar-refractivity contribution is -0.116. The Kier molecular flexibility index (Phi) is 5.99. The van der Waals surface area contributed by atoms with Crippen molar-refractivity contribution in [1.29, 1.82) is 0 Å². The highest BCUT2D eigenvalue weighted by Crippen LogP contribution is 2.32. The third-order valence-corrected chi connectivity index (χ3v) is 7.30. The van der Waals surface area contributed by atoms with Crippen molar-refractivity contribution >= 4 is 54.0 Å². The van der Waals surface area contributed by atoms with Gasteiger partial charge >= 0.3 is 0 Å². The molecule has 0 N–H and O–H groups in total. The highest BCUT2D eigenvalue weighted by Gasteiger charge is 2.27. The molecule has 31 heavy (non-hydrogen) atoms. The van der Waals surface area contributed by atoms with Crippen LogP contribution < -0.4 is 4.90 Å². The monoisotopic (exact) mass is 475 g/mol. The highest BCUT2D eigenvalue weighted by atomic mass is 35.5. The van der Waals surface area contributed by atoms with Crippen molar-refractivity contribution in [3.8, 4) is 0 Å². The number of fused-ring (bicyclic) bond motifs is 1. The minimum absolute atomic E-state index is 0.0478. The first kappa shape index (κ1) is 21.4. The van der Waals surface area contributed by atoms with Crippen molar-refractivity contribution < 1.29 is 17.6 Å². The number of rotatable bonds is 6. The quantitative estimate of drug-likeness (QED) is 0.384. The second-order valence-corrected chi connectivity index (χ2v) is 10.1. The number of thiazole rings is 1. The van der Waals surface area contributed by atoms with Gasteiger partial charge in [-0.2, -0.15) is 0 Å². The third kappa shape index (κ3) is 4.90. The maximum Gasteiger partial charge on any atom is 0.244 e. The normalized spacial score (nSPS) is 11.5. The van der Waals surface area contributed by atoms with Crippen molar-refractivity contribution in [2.75, 3.05) is 10.7 Å². The van der Waals surface area contributed by atoms with E-state index in [4.69, 9.17) is 11.6 Å². The van der Waals surface area contributed by atoms with Crippen molar-refractivity contribution in [2.24, 2.45) is 0 Å². The average Bonchev–Trinajstić information content (AvgIpc) is 3.15. The fourth-order valence-electron chi connectivity index (χ4n) is 2.88. The molecule has 0 unspecified atom stereocenters. The number of hydrogen-bond acceptors (Lipinski definition) is 6. The van der Waals surface area contributed by atoms with E-state index in [1.165, 1.54) is 16.2 Å². The Labute approximate surface area is 186 Å². The number of carbonyl (C=O) groups is 1. The summed E-state index contributed by atoms with van der Waals surface area (Å²) < 4.78 is 39.4. The van der Waals surface area contributed by atoms with Crippen molar-refractivity contribution in [3.05, 3.63) is 83.4 Å². The molecule has 6 nitrogen and oxygen atoms in total. The van der Waals surface area contributed by atoms with E-state index in [9.17, 15) is 17.6 Å². The number of amides is 1. The van der Waals surface area contributed by atoms with Crippen LogP contribution in [0, 0.1) is 5.82 Å². The van der Waals surface area contributed by atoms with Crippen LogP contribution in [0.1, 0.15) is 5.69 Å². The Bertz CT molecular complexity index is 1340. The topological polar surface area (TPSA) is 80.2 Å². The summed E-state index contributed by atoms with van der Waals surface area (Å²) in [6.07, 6.45) is 1.59. The molecule has 0 spiro atoms. The molecule has 0 aliphatic carbocycles. The van der Waals surface area contributed by atoms with Crippen LogP contribution in [0.5, 0.6) is 0 Å². The van der Waals surface area contributed by atoms with Gasteiger partial charge in [-0.25, -0.2) is 17.8 Å². The zero-order chi connectivity index (χ0) is 22.0. The van der Waals surface area contributed by atoms with Crippen molar-refractivity contribution in [2.45, 2.75) is 11.4 Å². The number of halogens is 2. The van der Waals surface area contributed by atoms with E-state index >= 15 is 0 Å². The molecule has 2 heterocycles. The van der Waals surface area contributed by atoms with Gasteiger partial charge < -0.3 is 0 Å². The lowest BCUT2D eigenvalue weighted by Gasteiger charge is -2.19. The fraction of sp³-hybridized carbons (Fsp3) is 0.0952. The first-order valence-corrected chi connectivity index (χ1v) is 11.9. The molecule has 0 aliphatic rings. The number of hydrogen-bond donors (Lipinski definition) is 0. The van der Waals surface area contributed by atoms with Crippen LogP contribution in [0.4, 0.5) is 9.52 Å². The Morgan fingerprint density at radius 2 is 1.87 bits per heavy atom. The lowest BCUT2D eigenvalue weighted by Crippen LogP contribution is -2.35. The molecule has 10 heteroatoms. The molecule has 2 aromatic carbocycles. The zero-order valence-corrected chi connectivity index (χ0v) is 18.3. The third-order valence-electron chi connectivity index (χ3n) is 4.40. The van der Waals surface area contributed by atoms with Gasteiger partial charge in [0.15, 0.2) is 15.0 Å². The molecule has 0 bridgehead atoms. The molecular formula is C21H15ClFN3O3S2. The fourth-order valence-corrected chi connectivity index (χ4v) is 5.34. The minimum atomic E-state index is -3.98. The SMILES string of the molecule is O=C(CS(=O)(=O)c1ccc(F)cc1)N(Cc1ccccn1)c1nc2ccc(Cl)cc2s1. The number of benzene rings is 2. The van der Waals surface area contributed by atoms with Gasteiger partial charge in [0.25, 0.3) is 0 Å². The lowest BCUT2D eigenvalue weighted by atomic mass is 10.3. The van der Waals surface area contributed by atoms with Gasteiger partial charge in [0.1, 0.15) is 11.6 Å². The second kappa shape index (κ2) is 8.70. The van der Waals surface area contributed by atoms with E-state index < -0.39 is 27.3 Å². The molecule has 0 saturated carbocycles. The first-order chi connectivity index (χ1) is 14.8. The van der Waals surface area contributed by atoms with Crippen LogP contribution in [0.25, 0.3) is 10.2 Å². The Balaban J connectivity index is 1.69. The van der Waals surface area contributed by atoms with E-state index in [0.29, 0.717) is 21.4 Å². The first-order valence-electron chi connectivity index (χ1n) is 9.06. The highest BCUT2D eigenvalue weighted by molar-refractivity contribution is 7.92. The average molecular weight is 476 g/mol. The van der Waals surface area contributed by atoms with Crippen molar-refractivity contribution in [3.63, 3.8) is 0 Å². The van der Waals surface area contributed by atoms with Gasteiger partial charge in [-0.1, -0.05) is 29.0 Å². The van der Waals surface area contributed by atoms with Gasteiger partial charge in [-0.15, -0.1) is 0 Å². The largest absolute Gasteiger partial charge is 0.281 e. The van der Waals surface area contributed by atoms with E-state index in [0.717, 1.165) is 29.0 Å². The van der Waals surface area contributed by atoms with Crippen LogP contribution in [0.2, 0.25) is 5.02 Å². The molecule has 0 aliphatic heterocycles. The van der Waals surface area contributed by atoms with Crippen LogP contribution >= 0.6 is 22.9 Å². The summed E-state index contributed by atoms with van der Waals surface area (Å²) in [4.78, 5) is 23.0. The number of sulfone groups is 1. The molecule has 1 amide bonds. The molecule has 4 aromatic rings. The Morgan fingerprint density at radius 1 is 1.10 bits per heavy atom. The Hall–Kier alpha value is -2.88. The van der Waals surface area contributed by atoms with Gasteiger partial charge in [0.05, 0.1) is 27.4 Å². The van der Waals surface area contributed by atoms with Gasteiger partial charge in [0, 0.05) is 11.2 Å². The smallest absolute Gasteiger partial charge is 0.244 e. The van der Waals surface area contributed by atoms with Gasteiger partial charge in [-0.05, 0) is 54.6 Å². The number of nitrogens with zero attached hydrogens (tertiary/aromatic N) is 3. The van der Waals surface area contributed by atoms with Crippen LogP contribution in [-0.4, -0.2) is 30.0 Å². The second-order valence-electron chi connectivity index (χ2n) is 6.62. The summed E-state index contributed by atoms with van der Waals surface area (Å²) in [5, 5.41) is 0.867. The predicted octanol–water partition coefficient (Wildman–Crippen LogP) is 4.49. The standard InChI is InChI=1S/C21H15ClFN3O3S2/c22-14-4-9-18-19(11-14)30-21(25-18)26(12-16-3-1-2-10-24-16)20(27)13-31(28,29)17-7-5-15(23)6-8-17/h1-11H,12-13H2. The van der Waals surface area contributed by atoms with Crippen LogP contribution in [-0.2, 0) is 21.2 Å². The van der Waals surface area contributed by atoms with Crippen molar-refractivity contribution in [1.82, 2.24) is 9.97 Å². The van der Waals surface area contributed by atoms with Gasteiger partial charge in [0.2, 0.25) is 5.91 Å². The molecule has 158 valence electrons. The Morgan fingerprint density at radius 3 is 2.58 bits per heavy atom. The summed E-state index contributed by atoms with van der Waals surface area (Å²) in [6, 6.07) is 14.8. The number of anilines is 1. The summed E-state index contributed by atoms with van der Waals surface area (Å²) in [7, 11) is -3.98. The summed E-state index contributed by atoms with van der Waals surface area (Å²) in [5.74, 6) is -2.02. The number of carbonyl (C=O) groups excluding carboxylic acids is 1. The van der Waals surface area contributed by atoms with E-state index in [2.05, 4.69) is 9.97 Å². The molecule has 4 rings (SSSR count). The summed E-state index contributed by atoms with van der Waals surface area (Å²) in [5.41, 5.74) is 1.22. The molecule has 0 fully saturated rings. The molecule has 0 atom stereocenters. The van der Waals surface area contributed by atoms with Crippen LogP contribution in [0.3, 0.4) is 0 Å². The molecule has 0 saturated heterocycles. The number of aromatic nitrogens is 2. The summed E-state index contributed by atoms with van der Waals surface area (Å²) >= 11 is 7.28. The maximum absolute atomic E-state index is 13.2. The molecule has 0 radical (unpaired) electrons. The van der Waals surface area contributed by atoms with Gasteiger partial charge in [-0.3, -0.25) is 14.7 Å². The molecule has 2 aromatic heterocycles. The summed E-state index contributed by atoms with van der Waals surface area (Å²) in [6.45, 7) is 0.0478. The predicted molar refractivity (Wildman–Crippen MR) is 119 cm³/mol. The van der Waals surface area contributed by atoms with E-state index in [1.54, 1.807) is 42.6 Å². The maximum atomic E-state index is 13.2. The minimum Gasteiger partial charge on any atom is -0.281 e.